The molecule has 3 unspecified atom stereocenters. The van der Waals surface area contributed by atoms with Crippen molar-refractivity contribution < 1.29 is 18.9 Å². The standard InChI is InChI=1S/C29H30O4/c1-3-26-28(31-20-24-15-9-5-10-16-24)29(32-21-25-17-11-6-12-18-25)27(22(2)33-26)30-19-23-13-7-4-8-14-23/h1,4-18,22,26-29H,19-21H2,2H3/t22?,26-,27-,28?,29?/m1/s1. The Bertz CT molecular complexity index is 1000. The van der Waals surface area contributed by atoms with Crippen LogP contribution in [0.4, 0.5) is 0 Å². The van der Waals surface area contributed by atoms with Crippen molar-refractivity contribution in [1.82, 2.24) is 0 Å². The fraction of sp³-hybridized carbons (Fsp3) is 0.310. The van der Waals surface area contributed by atoms with Crippen LogP contribution >= 0.6 is 0 Å². The van der Waals surface area contributed by atoms with Crippen LogP contribution in [0, 0.1) is 12.3 Å². The summed E-state index contributed by atoms with van der Waals surface area (Å²) in [7, 11) is 0. The SMILES string of the molecule is C#C[C@H]1OC(C)[C@@H](OCc2ccccc2)C(OCc2ccccc2)C1OCc1ccccc1. The molecule has 3 aromatic carbocycles. The van der Waals surface area contributed by atoms with Crippen LogP contribution in [0.2, 0.25) is 0 Å². The third-order valence-corrected chi connectivity index (χ3v) is 5.79. The predicted molar refractivity (Wildman–Crippen MR) is 128 cm³/mol. The highest BCUT2D eigenvalue weighted by Crippen LogP contribution is 2.30. The second-order valence-corrected chi connectivity index (χ2v) is 8.21. The van der Waals surface area contributed by atoms with Crippen LogP contribution in [0.1, 0.15) is 23.6 Å². The molecule has 0 aromatic heterocycles. The molecule has 1 aliphatic heterocycles. The third kappa shape index (κ3) is 6.31. The van der Waals surface area contributed by atoms with E-state index in [4.69, 9.17) is 25.4 Å². The fourth-order valence-electron chi connectivity index (χ4n) is 4.05. The number of ether oxygens (including phenoxy) is 4. The summed E-state index contributed by atoms with van der Waals surface area (Å²) in [6.07, 6.45) is 3.90. The molecule has 170 valence electrons. The van der Waals surface area contributed by atoms with E-state index in [1.54, 1.807) is 0 Å². The lowest BCUT2D eigenvalue weighted by Gasteiger charge is -2.44. The highest BCUT2D eigenvalue weighted by molar-refractivity contribution is 5.16. The Balaban J connectivity index is 1.54. The molecular weight excluding hydrogens is 412 g/mol. The summed E-state index contributed by atoms with van der Waals surface area (Å²) >= 11 is 0. The van der Waals surface area contributed by atoms with E-state index in [9.17, 15) is 0 Å². The van der Waals surface area contributed by atoms with Crippen molar-refractivity contribution >= 4 is 0 Å². The van der Waals surface area contributed by atoms with Crippen molar-refractivity contribution in [2.75, 3.05) is 0 Å². The van der Waals surface area contributed by atoms with Gasteiger partial charge in [0.25, 0.3) is 0 Å². The minimum Gasteiger partial charge on any atom is -0.368 e. The first-order valence-corrected chi connectivity index (χ1v) is 11.3. The van der Waals surface area contributed by atoms with E-state index in [-0.39, 0.29) is 18.3 Å². The quantitative estimate of drug-likeness (QED) is 0.429. The second kappa shape index (κ2) is 11.8. The first kappa shape index (κ1) is 23.2. The largest absolute Gasteiger partial charge is 0.368 e. The van der Waals surface area contributed by atoms with Crippen LogP contribution in [0.5, 0.6) is 0 Å². The van der Waals surface area contributed by atoms with E-state index >= 15 is 0 Å². The van der Waals surface area contributed by atoms with Gasteiger partial charge < -0.3 is 18.9 Å². The zero-order valence-electron chi connectivity index (χ0n) is 18.9. The minimum atomic E-state index is -0.527. The van der Waals surface area contributed by atoms with Crippen LogP contribution in [0.15, 0.2) is 91.0 Å². The van der Waals surface area contributed by atoms with Gasteiger partial charge in [-0.05, 0) is 23.6 Å². The lowest BCUT2D eigenvalue weighted by molar-refractivity contribution is -0.249. The summed E-state index contributed by atoms with van der Waals surface area (Å²) in [5, 5.41) is 0. The molecule has 1 fully saturated rings. The lowest BCUT2D eigenvalue weighted by Crippen LogP contribution is -2.59. The van der Waals surface area contributed by atoms with Gasteiger partial charge in [0.05, 0.1) is 25.9 Å². The summed E-state index contributed by atoms with van der Waals surface area (Å²) in [5.41, 5.74) is 3.24. The second-order valence-electron chi connectivity index (χ2n) is 8.21. The van der Waals surface area contributed by atoms with Gasteiger partial charge in [0, 0.05) is 0 Å². The Hall–Kier alpha value is -2.94. The van der Waals surface area contributed by atoms with E-state index in [0.29, 0.717) is 19.8 Å². The maximum atomic E-state index is 6.45. The van der Waals surface area contributed by atoms with Crippen molar-refractivity contribution in [2.45, 2.75) is 57.3 Å². The van der Waals surface area contributed by atoms with Crippen molar-refractivity contribution in [3.05, 3.63) is 108 Å². The topological polar surface area (TPSA) is 36.9 Å². The first-order chi connectivity index (χ1) is 16.2. The Morgan fingerprint density at radius 2 is 1.03 bits per heavy atom. The van der Waals surface area contributed by atoms with E-state index in [2.05, 4.69) is 5.92 Å². The van der Waals surface area contributed by atoms with Gasteiger partial charge in [-0.15, -0.1) is 6.42 Å². The van der Waals surface area contributed by atoms with Gasteiger partial charge in [0.1, 0.15) is 24.4 Å². The Morgan fingerprint density at radius 3 is 1.45 bits per heavy atom. The molecule has 1 saturated heterocycles. The zero-order chi connectivity index (χ0) is 22.9. The molecule has 0 saturated carbocycles. The highest BCUT2D eigenvalue weighted by atomic mass is 16.6. The fourth-order valence-corrected chi connectivity index (χ4v) is 4.05. The normalized spacial score (nSPS) is 24.8. The van der Waals surface area contributed by atoms with Gasteiger partial charge >= 0.3 is 0 Å². The molecule has 0 spiro atoms. The van der Waals surface area contributed by atoms with Crippen molar-refractivity contribution in [2.24, 2.45) is 0 Å². The van der Waals surface area contributed by atoms with E-state index in [1.807, 2.05) is 97.9 Å². The van der Waals surface area contributed by atoms with Gasteiger partial charge in [-0.25, -0.2) is 0 Å². The summed E-state index contributed by atoms with van der Waals surface area (Å²) in [4.78, 5) is 0. The van der Waals surface area contributed by atoms with Crippen LogP contribution in [-0.2, 0) is 38.8 Å². The monoisotopic (exact) mass is 442 g/mol. The van der Waals surface area contributed by atoms with Crippen molar-refractivity contribution in [3.8, 4) is 12.3 Å². The zero-order valence-corrected chi connectivity index (χ0v) is 18.9. The maximum Gasteiger partial charge on any atom is 0.147 e. The average molecular weight is 443 g/mol. The maximum absolute atomic E-state index is 6.45. The summed E-state index contributed by atoms with van der Waals surface area (Å²) in [5.74, 6) is 2.76. The molecule has 4 rings (SSSR count). The van der Waals surface area contributed by atoms with E-state index < -0.39 is 12.2 Å². The van der Waals surface area contributed by atoms with Gasteiger partial charge in [-0.1, -0.05) is 96.9 Å². The number of terminal acetylenes is 1. The molecule has 0 aliphatic carbocycles. The Labute approximate surface area is 196 Å². The van der Waals surface area contributed by atoms with Crippen molar-refractivity contribution in [1.29, 1.82) is 0 Å². The molecule has 3 aromatic rings. The molecule has 1 aliphatic rings. The van der Waals surface area contributed by atoms with Gasteiger partial charge in [0.15, 0.2) is 0 Å². The molecule has 5 atom stereocenters. The smallest absolute Gasteiger partial charge is 0.147 e. The van der Waals surface area contributed by atoms with Crippen molar-refractivity contribution in [3.63, 3.8) is 0 Å². The number of rotatable bonds is 9. The molecule has 4 nitrogen and oxygen atoms in total. The van der Waals surface area contributed by atoms with Gasteiger partial charge in [0.2, 0.25) is 0 Å². The Morgan fingerprint density at radius 1 is 0.636 bits per heavy atom. The van der Waals surface area contributed by atoms with Gasteiger partial charge in [-0.3, -0.25) is 0 Å². The summed E-state index contributed by atoms with van der Waals surface area (Å²) in [6.45, 7) is 3.28. The molecule has 4 heteroatoms. The number of hydrogen-bond donors (Lipinski definition) is 0. The molecule has 0 bridgehead atoms. The molecule has 0 N–H and O–H groups in total. The van der Waals surface area contributed by atoms with E-state index in [1.165, 1.54) is 0 Å². The number of hydrogen-bond acceptors (Lipinski definition) is 4. The molecule has 0 amide bonds. The van der Waals surface area contributed by atoms with E-state index in [0.717, 1.165) is 16.7 Å². The average Bonchev–Trinajstić information content (AvgIpc) is 2.87. The first-order valence-electron chi connectivity index (χ1n) is 11.3. The molecule has 33 heavy (non-hydrogen) atoms. The third-order valence-electron chi connectivity index (χ3n) is 5.79. The van der Waals surface area contributed by atoms with Crippen LogP contribution in [0.3, 0.4) is 0 Å². The summed E-state index contributed by atoms with van der Waals surface area (Å²) < 4.78 is 25.3. The molecule has 1 heterocycles. The molecular formula is C29H30O4. The minimum absolute atomic E-state index is 0.243. The Kier molecular flexibility index (Phi) is 8.30. The number of benzene rings is 3. The highest BCUT2D eigenvalue weighted by Gasteiger charge is 2.46. The summed E-state index contributed by atoms with van der Waals surface area (Å²) in [6, 6.07) is 30.2. The van der Waals surface area contributed by atoms with Crippen LogP contribution < -0.4 is 0 Å². The van der Waals surface area contributed by atoms with Gasteiger partial charge in [-0.2, -0.15) is 0 Å². The molecule has 0 radical (unpaired) electrons. The predicted octanol–water partition coefficient (Wildman–Crippen LogP) is 5.16. The van der Waals surface area contributed by atoms with Crippen LogP contribution in [0.25, 0.3) is 0 Å². The lowest BCUT2D eigenvalue weighted by atomic mass is 9.95. The van der Waals surface area contributed by atoms with Crippen LogP contribution in [-0.4, -0.2) is 30.5 Å².